The van der Waals surface area contributed by atoms with Crippen molar-refractivity contribution in [1.82, 2.24) is 0 Å². The Labute approximate surface area is 182 Å². The Bertz CT molecular complexity index is 1170. The minimum atomic E-state index is 0.638. The van der Waals surface area contributed by atoms with Crippen LogP contribution in [0.3, 0.4) is 0 Å². The number of hydrogen-bond acceptors (Lipinski definition) is 3. The van der Waals surface area contributed by atoms with Crippen LogP contribution in [0.1, 0.15) is 11.3 Å². The fourth-order valence-corrected chi connectivity index (χ4v) is 3.66. The molecular formula is C24H17BrClNO2. The number of aliphatic imine (C=N–C) groups is 1. The van der Waals surface area contributed by atoms with Crippen molar-refractivity contribution >= 4 is 39.4 Å². The first-order valence-electron chi connectivity index (χ1n) is 9.01. The summed E-state index contributed by atoms with van der Waals surface area (Å²) in [5, 5.41) is 0.638. The van der Waals surface area contributed by atoms with Gasteiger partial charge in [-0.25, -0.2) is 0 Å². The molecule has 0 amide bonds. The van der Waals surface area contributed by atoms with Crippen molar-refractivity contribution in [2.75, 3.05) is 0 Å². The average Bonchev–Trinajstić information content (AvgIpc) is 3.16. The van der Waals surface area contributed by atoms with Crippen molar-refractivity contribution in [3.8, 4) is 22.8 Å². The Morgan fingerprint density at radius 1 is 0.931 bits per heavy atom. The van der Waals surface area contributed by atoms with Crippen LogP contribution in [0.4, 0.5) is 5.69 Å². The molecule has 1 aromatic heterocycles. The summed E-state index contributed by atoms with van der Waals surface area (Å²) in [7, 11) is 0. The monoisotopic (exact) mass is 465 g/mol. The van der Waals surface area contributed by atoms with E-state index in [0.29, 0.717) is 16.5 Å². The van der Waals surface area contributed by atoms with E-state index in [1.54, 1.807) is 12.3 Å². The second-order valence-corrected chi connectivity index (χ2v) is 7.79. The summed E-state index contributed by atoms with van der Waals surface area (Å²) in [4.78, 5) is 4.48. The number of benzene rings is 3. The van der Waals surface area contributed by atoms with Crippen LogP contribution in [0.15, 0.2) is 92.7 Å². The zero-order valence-corrected chi connectivity index (χ0v) is 17.9. The van der Waals surface area contributed by atoms with E-state index in [9.17, 15) is 0 Å². The molecule has 0 atom stereocenters. The first-order chi connectivity index (χ1) is 14.1. The number of furan rings is 1. The Morgan fingerprint density at radius 3 is 2.52 bits per heavy atom. The maximum atomic E-state index is 5.98. The maximum Gasteiger partial charge on any atom is 0.145 e. The molecule has 0 aliphatic carbocycles. The Balaban J connectivity index is 1.45. The fraction of sp³-hybridized carbons (Fsp3) is 0.0417. The molecule has 0 saturated heterocycles. The Hall–Kier alpha value is -2.82. The molecule has 0 fully saturated rings. The van der Waals surface area contributed by atoms with Crippen molar-refractivity contribution in [1.29, 1.82) is 0 Å². The molecule has 0 aliphatic rings. The molecule has 3 nitrogen and oxygen atoms in total. The summed E-state index contributed by atoms with van der Waals surface area (Å²) >= 11 is 9.57. The lowest BCUT2D eigenvalue weighted by atomic mass is 10.1. The molecule has 29 heavy (non-hydrogen) atoms. The summed E-state index contributed by atoms with van der Waals surface area (Å²) in [6, 6.07) is 24.8. The van der Waals surface area contributed by atoms with Crippen LogP contribution in [-0.2, 0) is 0 Å². The number of ether oxygens (including phenoxy) is 1. The van der Waals surface area contributed by atoms with E-state index < -0.39 is 0 Å². The van der Waals surface area contributed by atoms with Gasteiger partial charge in [0.15, 0.2) is 0 Å². The average molecular weight is 467 g/mol. The van der Waals surface area contributed by atoms with E-state index in [1.807, 2.05) is 60.7 Å². The van der Waals surface area contributed by atoms with Crippen LogP contribution < -0.4 is 4.74 Å². The van der Waals surface area contributed by atoms with Gasteiger partial charge in [-0.05, 0) is 79.2 Å². The standard InChI is InChI=1S/C24H17BrClNO2/c1-16-5-11-22(23(25)13-16)24-12-10-21(29-24)15-27-18-6-8-19(9-7-18)28-20-4-2-3-17(26)14-20/h2-15H,1H3. The lowest BCUT2D eigenvalue weighted by Crippen LogP contribution is -1.83. The highest BCUT2D eigenvalue weighted by atomic mass is 79.9. The highest BCUT2D eigenvalue weighted by Crippen LogP contribution is 2.30. The van der Waals surface area contributed by atoms with E-state index >= 15 is 0 Å². The minimum absolute atomic E-state index is 0.638. The highest BCUT2D eigenvalue weighted by molar-refractivity contribution is 9.10. The van der Waals surface area contributed by atoms with Crippen LogP contribution >= 0.6 is 27.5 Å². The second kappa shape index (κ2) is 8.68. The Kier molecular flexibility index (Phi) is 5.84. The van der Waals surface area contributed by atoms with Crippen molar-refractivity contribution < 1.29 is 9.15 Å². The van der Waals surface area contributed by atoms with Gasteiger partial charge in [0.05, 0.1) is 11.9 Å². The molecule has 0 spiro atoms. The molecule has 0 aliphatic heterocycles. The van der Waals surface area contributed by atoms with E-state index in [4.69, 9.17) is 20.8 Å². The molecule has 1 heterocycles. The smallest absolute Gasteiger partial charge is 0.145 e. The van der Waals surface area contributed by atoms with E-state index in [-0.39, 0.29) is 0 Å². The van der Waals surface area contributed by atoms with Crippen LogP contribution in [0, 0.1) is 6.92 Å². The van der Waals surface area contributed by atoms with Crippen LogP contribution in [-0.4, -0.2) is 6.21 Å². The topological polar surface area (TPSA) is 34.7 Å². The third-order valence-corrected chi connectivity index (χ3v) is 5.12. The van der Waals surface area contributed by atoms with Gasteiger partial charge in [0.25, 0.3) is 0 Å². The molecule has 0 N–H and O–H groups in total. The zero-order valence-electron chi connectivity index (χ0n) is 15.6. The lowest BCUT2D eigenvalue weighted by molar-refractivity contribution is 0.483. The van der Waals surface area contributed by atoms with Crippen molar-refractivity contribution in [2.45, 2.75) is 6.92 Å². The normalized spacial score (nSPS) is 11.1. The first kappa shape index (κ1) is 19.5. The summed E-state index contributed by atoms with van der Waals surface area (Å²) in [6.07, 6.45) is 1.71. The maximum absolute atomic E-state index is 5.98. The third kappa shape index (κ3) is 4.97. The molecular weight excluding hydrogens is 450 g/mol. The SMILES string of the molecule is Cc1ccc(-c2ccc(C=Nc3ccc(Oc4cccc(Cl)c4)cc3)o2)c(Br)c1. The van der Waals surface area contributed by atoms with Gasteiger partial charge in [0.2, 0.25) is 0 Å². The fourth-order valence-electron chi connectivity index (χ4n) is 2.79. The molecule has 0 bridgehead atoms. The molecule has 5 heteroatoms. The summed E-state index contributed by atoms with van der Waals surface area (Å²) < 4.78 is 12.7. The van der Waals surface area contributed by atoms with Crippen molar-refractivity contribution in [3.05, 3.63) is 99.7 Å². The first-order valence-corrected chi connectivity index (χ1v) is 10.2. The van der Waals surface area contributed by atoms with Crippen LogP contribution in [0.5, 0.6) is 11.5 Å². The molecule has 0 saturated carbocycles. The summed E-state index contributed by atoms with van der Waals surface area (Å²) in [6.45, 7) is 2.06. The number of nitrogens with zero attached hydrogens (tertiary/aromatic N) is 1. The van der Waals surface area contributed by atoms with Crippen LogP contribution in [0.2, 0.25) is 5.02 Å². The van der Waals surface area contributed by atoms with Gasteiger partial charge in [-0.2, -0.15) is 0 Å². The highest BCUT2D eigenvalue weighted by Gasteiger charge is 2.07. The number of halogens is 2. The number of rotatable bonds is 5. The van der Waals surface area contributed by atoms with Gasteiger partial charge in [-0.1, -0.05) is 39.7 Å². The summed E-state index contributed by atoms with van der Waals surface area (Å²) in [5.74, 6) is 2.89. The van der Waals surface area contributed by atoms with Gasteiger partial charge in [0.1, 0.15) is 23.0 Å². The largest absolute Gasteiger partial charge is 0.457 e. The van der Waals surface area contributed by atoms with Gasteiger partial charge in [-0.15, -0.1) is 0 Å². The van der Waals surface area contributed by atoms with Crippen molar-refractivity contribution in [3.63, 3.8) is 0 Å². The van der Waals surface area contributed by atoms with E-state index in [2.05, 4.69) is 40.0 Å². The van der Waals surface area contributed by atoms with Gasteiger partial charge in [-0.3, -0.25) is 4.99 Å². The zero-order chi connectivity index (χ0) is 20.2. The van der Waals surface area contributed by atoms with Gasteiger partial charge < -0.3 is 9.15 Å². The van der Waals surface area contributed by atoms with Crippen molar-refractivity contribution in [2.24, 2.45) is 4.99 Å². The lowest BCUT2D eigenvalue weighted by Gasteiger charge is -2.05. The predicted octanol–water partition coefficient (Wildman–Crippen LogP) is 8.21. The van der Waals surface area contributed by atoms with Gasteiger partial charge in [0, 0.05) is 15.1 Å². The molecule has 144 valence electrons. The quantitative estimate of drug-likeness (QED) is 0.278. The third-order valence-electron chi connectivity index (χ3n) is 4.23. The molecule has 4 rings (SSSR count). The van der Waals surface area contributed by atoms with Gasteiger partial charge >= 0.3 is 0 Å². The number of hydrogen-bond donors (Lipinski definition) is 0. The minimum Gasteiger partial charge on any atom is -0.457 e. The van der Waals surface area contributed by atoms with Crippen LogP contribution in [0.25, 0.3) is 11.3 Å². The summed E-state index contributed by atoms with van der Waals surface area (Å²) in [5.41, 5.74) is 3.01. The molecule has 4 aromatic rings. The van der Waals surface area contributed by atoms with E-state index in [0.717, 1.165) is 27.2 Å². The molecule has 0 radical (unpaired) electrons. The molecule has 0 unspecified atom stereocenters. The number of aryl methyl sites for hydroxylation is 1. The Morgan fingerprint density at radius 2 is 1.76 bits per heavy atom. The van der Waals surface area contributed by atoms with E-state index in [1.165, 1.54) is 5.56 Å². The predicted molar refractivity (Wildman–Crippen MR) is 122 cm³/mol. The second-order valence-electron chi connectivity index (χ2n) is 6.50. The molecule has 3 aromatic carbocycles.